The minimum absolute atomic E-state index is 0.0580. The normalized spacial score (nSPS) is 14.1. The monoisotopic (exact) mass is 419 g/mol. The van der Waals surface area contributed by atoms with Crippen LogP contribution in [0.5, 0.6) is 0 Å². The summed E-state index contributed by atoms with van der Waals surface area (Å²) < 4.78 is 14.9. The Morgan fingerprint density at radius 3 is 2.77 bits per heavy atom. The van der Waals surface area contributed by atoms with Gasteiger partial charge in [-0.05, 0) is 49.2 Å². The molecule has 150 valence electrons. The molecule has 0 aliphatic carbocycles. The summed E-state index contributed by atoms with van der Waals surface area (Å²) in [5, 5.41) is 5.54. The van der Waals surface area contributed by atoms with E-state index in [-0.39, 0.29) is 17.0 Å². The molecule has 8 heteroatoms. The van der Waals surface area contributed by atoms with E-state index in [4.69, 9.17) is 0 Å². The van der Waals surface area contributed by atoms with Crippen LogP contribution in [0.4, 0.5) is 10.1 Å². The second kappa shape index (κ2) is 7.53. The number of hydrogen-bond acceptors (Lipinski definition) is 5. The Hall–Kier alpha value is -3.26. The molecule has 1 unspecified atom stereocenters. The molecule has 4 aromatic rings. The fourth-order valence-corrected chi connectivity index (χ4v) is 4.63. The molecule has 2 aromatic heterocycles. The van der Waals surface area contributed by atoms with E-state index in [1.165, 1.54) is 35.8 Å². The molecule has 1 aliphatic rings. The molecule has 0 radical (unpaired) electrons. The first-order valence-electron chi connectivity index (χ1n) is 9.62. The van der Waals surface area contributed by atoms with Crippen molar-refractivity contribution >= 4 is 34.4 Å². The van der Waals surface area contributed by atoms with Gasteiger partial charge in [0.2, 0.25) is 5.91 Å². The number of halogens is 1. The average molecular weight is 419 g/mol. The summed E-state index contributed by atoms with van der Waals surface area (Å²) in [7, 11) is 0. The summed E-state index contributed by atoms with van der Waals surface area (Å²) in [6.45, 7) is 2.59. The van der Waals surface area contributed by atoms with Crippen LogP contribution in [-0.4, -0.2) is 37.5 Å². The van der Waals surface area contributed by atoms with Gasteiger partial charge in [0, 0.05) is 12.2 Å². The highest BCUT2D eigenvalue weighted by Gasteiger charge is 2.29. The van der Waals surface area contributed by atoms with Crippen LogP contribution < -0.4 is 4.90 Å². The molecular weight excluding hydrogens is 401 g/mol. The third-order valence-electron chi connectivity index (χ3n) is 5.19. The van der Waals surface area contributed by atoms with E-state index in [1.807, 2.05) is 30.0 Å². The number of fused-ring (bicyclic) bond motifs is 2. The molecule has 2 aromatic carbocycles. The fraction of sp³-hybridized carbons (Fsp3) is 0.182. The van der Waals surface area contributed by atoms with E-state index < -0.39 is 0 Å². The van der Waals surface area contributed by atoms with Crippen molar-refractivity contribution < 1.29 is 9.18 Å². The maximum atomic E-state index is 13.3. The summed E-state index contributed by atoms with van der Waals surface area (Å²) in [6, 6.07) is 14.1. The third-order valence-corrected chi connectivity index (χ3v) is 6.29. The van der Waals surface area contributed by atoms with Crippen molar-refractivity contribution in [3.05, 3.63) is 72.4 Å². The van der Waals surface area contributed by atoms with E-state index in [0.29, 0.717) is 22.9 Å². The number of aromatic nitrogens is 4. The number of anilines is 1. The smallest absolute Gasteiger partial charge is 0.240 e. The molecule has 6 nitrogen and oxygen atoms in total. The molecule has 0 bridgehead atoms. The van der Waals surface area contributed by atoms with Crippen LogP contribution in [0, 0.1) is 5.82 Å². The number of benzene rings is 2. The maximum Gasteiger partial charge on any atom is 0.240 e. The lowest BCUT2D eigenvalue weighted by Crippen LogP contribution is -2.35. The van der Waals surface area contributed by atoms with Crippen molar-refractivity contribution in [3.8, 4) is 5.69 Å². The molecule has 0 saturated heterocycles. The molecule has 1 amide bonds. The van der Waals surface area contributed by atoms with E-state index >= 15 is 0 Å². The van der Waals surface area contributed by atoms with Crippen molar-refractivity contribution in [3.63, 3.8) is 0 Å². The Labute approximate surface area is 176 Å². The lowest BCUT2D eigenvalue weighted by atomic mass is 10.2. The zero-order valence-electron chi connectivity index (χ0n) is 16.2. The van der Waals surface area contributed by atoms with Gasteiger partial charge in [0.1, 0.15) is 17.2 Å². The van der Waals surface area contributed by atoms with Crippen LogP contribution >= 0.6 is 11.8 Å². The summed E-state index contributed by atoms with van der Waals surface area (Å²) in [5.41, 5.74) is 3.52. The van der Waals surface area contributed by atoms with Crippen molar-refractivity contribution in [2.24, 2.45) is 0 Å². The van der Waals surface area contributed by atoms with Crippen LogP contribution in [0.15, 0.2) is 66.1 Å². The SMILES string of the molecule is CC(Sc1ncnc2c1cnn2-c1ccc(F)cc1)C(=O)N1CCc2ccccc21. The van der Waals surface area contributed by atoms with Gasteiger partial charge in [-0.15, -0.1) is 0 Å². The van der Waals surface area contributed by atoms with Crippen molar-refractivity contribution in [1.82, 2.24) is 19.7 Å². The summed E-state index contributed by atoms with van der Waals surface area (Å²) >= 11 is 1.40. The quantitative estimate of drug-likeness (QED) is 0.369. The van der Waals surface area contributed by atoms with Gasteiger partial charge in [-0.1, -0.05) is 30.0 Å². The predicted octanol–water partition coefficient (Wildman–Crippen LogP) is 4.02. The molecular formula is C22H18FN5OS. The van der Waals surface area contributed by atoms with Crippen LogP contribution in [-0.2, 0) is 11.2 Å². The van der Waals surface area contributed by atoms with Crippen molar-refractivity contribution in [2.75, 3.05) is 11.4 Å². The second-order valence-corrected chi connectivity index (χ2v) is 8.41. The molecule has 0 saturated carbocycles. The van der Waals surface area contributed by atoms with Gasteiger partial charge in [0.05, 0.1) is 22.5 Å². The highest BCUT2D eigenvalue weighted by molar-refractivity contribution is 8.00. The van der Waals surface area contributed by atoms with Gasteiger partial charge in [-0.25, -0.2) is 19.0 Å². The number of carbonyl (C=O) groups is 1. The number of rotatable bonds is 4. The predicted molar refractivity (Wildman–Crippen MR) is 114 cm³/mol. The van der Waals surface area contributed by atoms with Gasteiger partial charge in [0.25, 0.3) is 0 Å². The molecule has 1 aliphatic heterocycles. The number of amides is 1. The standard InChI is InChI=1S/C22H18FN5OS/c1-14(22(29)27-11-10-15-4-2-3-5-19(15)27)30-21-18-12-26-28(20(18)24-13-25-21)17-8-6-16(23)7-9-17/h2-9,12-14H,10-11H2,1H3. The minimum Gasteiger partial charge on any atom is -0.311 e. The third kappa shape index (κ3) is 3.23. The Balaban J connectivity index is 1.42. The molecule has 3 heterocycles. The lowest BCUT2D eigenvalue weighted by molar-refractivity contribution is -0.117. The lowest BCUT2D eigenvalue weighted by Gasteiger charge is -2.21. The summed E-state index contributed by atoms with van der Waals surface area (Å²) in [4.78, 5) is 23.7. The number of nitrogens with zero attached hydrogens (tertiary/aromatic N) is 5. The van der Waals surface area contributed by atoms with Crippen LogP contribution in [0.25, 0.3) is 16.7 Å². The first kappa shape index (κ1) is 18.7. The van der Waals surface area contributed by atoms with Gasteiger partial charge < -0.3 is 4.90 Å². The molecule has 30 heavy (non-hydrogen) atoms. The summed E-state index contributed by atoms with van der Waals surface area (Å²) in [5.74, 6) is -0.250. The van der Waals surface area contributed by atoms with Crippen LogP contribution in [0.2, 0.25) is 0 Å². The average Bonchev–Trinajstić information content (AvgIpc) is 3.39. The first-order valence-corrected chi connectivity index (χ1v) is 10.5. The largest absolute Gasteiger partial charge is 0.311 e. The Bertz CT molecular complexity index is 1240. The van der Waals surface area contributed by atoms with E-state index in [1.54, 1.807) is 23.0 Å². The summed E-state index contributed by atoms with van der Waals surface area (Å²) in [6.07, 6.45) is 4.03. The topological polar surface area (TPSA) is 63.9 Å². The number of thioether (sulfide) groups is 1. The van der Waals surface area contributed by atoms with Gasteiger partial charge >= 0.3 is 0 Å². The molecule has 5 rings (SSSR count). The Kier molecular flexibility index (Phi) is 4.71. The molecule has 0 spiro atoms. The minimum atomic E-state index is -0.316. The van der Waals surface area contributed by atoms with E-state index in [9.17, 15) is 9.18 Å². The van der Waals surface area contributed by atoms with Crippen LogP contribution in [0.3, 0.4) is 0 Å². The molecule has 0 N–H and O–H groups in total. The van der Waals surface area contributed by atoms with Gasteiger partial charge in [-0.3, -0.25) is 4.79 Å². The molecule has 1 atom stereocenters. The van der Waals surface area contributed by atoms with E-state index in [2.05, 4.69) is 21.1 Å². The second-order valence-electron chi connectivity index (χ2n) is 7.08. The maximum absolute atomic E-state index is 13.3. The Morgan fingerprint density at radius 1 is 1.13 bits per heavy atom. The fourth-order valence-electron chi connectivity index (χ4n) is 3.69. The number of hydrogen-bond donors (Lipinski definition) is 0. The number of para-hydroxylation sites is 1. The van der Waals surface area contributed by atoms with Gasteiger partial charge in [-0.2, -0.15) is 5.10 Å². The Morgan fingerprint density at radius 2 is 1.93 bits per heavy atom. The highest BCUT2D eigenvalue weighted by atomic mass is 32.2. The number of carbonyl (C=O) groups excluding carboxylic acids is 1. The van der Waals surface area contributed by atoms with Crippen molar-refractivity contribution in [1.29, 1.82) is 0 Å². The van der Waals surface area contributed by atoms with Crippen molar-refractivity contribution in [2.45, 2.75) is 23.6 Å². The highest BCUT2D eigenvalue weighted by Crippen LogP contribution is 2.33. The van der Waals surface area contributed by atoms with Gasteiger partial charge in [0.15, 0.2) is 5.65 Å². The van der Waals surface area contributed by atoms with E-state index in [0.717, 1.165) is 17.5 Å². The first-order chi connectivity index (χ1) is 14.6. The molecule has 0 fully saturated rings. The van der Waals surface area contributed by atoms with Crippen LogP contribution in [0.1, 0.15) is 12.5 Å². The zero-order chi connectivity index (χ0) is 20.7. The zero-order valence-corrected chi connectivity index (χ0v) is 17.0.